The number of aromatic nitrogens is 1. The normalized spacial score (nSPS) is 9.55. The second kappa shape index (κ2) is 2.79. The van der Waals surface area contributed by atoms with Crippen LogP contribution in [0.4, 0.5) is 0 Å². The number of Topliss-reactive ketones (excluding diaryl/α,β-unsaturated/α-hetero) is 1. The van der Waals surface area contributed by atoms with Gasteiger partial charge in [-0.25, -0.2) is 9.78 Å². The van der Waals surface area contributed by atoms with E-state index in [2.05, 4.69) is 4.98 Å². The van der Waals surface area contributed by atoms with Crippen LogP contribution in [0.3, 0.4) is 0 Å². The number of aliphatic carboxylic acids is 1. The number of carboxylic acids is 1. The standard InChI is InChI=1S/C6H5NO3S/c1-3-2-11-5(7-3)4(8)6(9)10/h2H,1H3,(H,9,10). The van der Waals surface area contributed by atoms with Crippen LogP contribution in [0.5, 0.6) is 0 Å². The molecule has 0 saturated carbocycles. The van der Waals surface area contributed by atoms with Gasteiger partial charge in [0, 0.05) is 11.1 Å². The summed E-state index contributed by atoms with van der Waals surface area (Å²) in [5.74, 6) is -2.40. The van der Waals surface area contributed by atoms with Crippen molar-refractivity contribution in [3.63, 3.8) is 0 Å². The smallest absolute Gasteiger partial charge is 0.379 e. The molecule has 11 heavy (non-hydrogen) atoms. The first-order valence-corrected chi connectivity index (χ1v) is 3.69. The average Bonchev–Trinajstić information content (AvgIpc) is 2.34. The maximum atomic E-state index is 10.7. The first kappa shape index (κ1) is 7.87. The monoisotopic (exact) mass is 171 g/mol. The third-order valence-corrected chi connectivity index (χ3v) is 1.97. The molecule has 0 unspecified atom stereocenters. The van der Waals surface area contributed by atoms with Crippen molar-refractivity contribution in [2.45, 2.75) is 6.92 Å². The summed E-state index contributed by atoms with van der Waals surface area (Å²) in [6.45, 7) is 1.70. The van der Waals surface area contributed by atoms with E-state index in [1.807, 2.05) is 0 Å². The summed E-state index contributed by atoms with van der Waals surface area (Å²) in [6, 6.07) is 0. The Morgan fingerprint density at radius 3 is 2.64 bits per heavy atom. The van der Waals surface area contributed by atoms with Crippen molar-refractivity contribution in [2.24, 2.45) is 0 Å². The van der Waals surface area contributed by atoms with E-state index in [1.54, 1.807) is 12.3 Å². The molecule has 1 rings (SSSR count). The lowest BCUT2D eigenvalue weighted by Crippen LogP contribution is -2.12. The molecule has 0 saturated heterocycles. The zero-order chi connectivity index (χ0) is 8.43. The number of nitrogens with zero attached hydrogens (tertiary/aromatic N) is 1. The molecule has 4 nitrogen and oxygen atoms in total. The lowest BCUT2D eigenvalue weighted by molar-refractivity contribution is -0.131. The molecule has 1 aromatic heterocycles. The summed E-state index contributed by atoms with van der Waals surface area (Å²) >= 11 is 1.04. The SMILES string of the molecule is Cc1csc(C(=O)C(=O)O)n1. The van der Waals surface area contributed by atoms with E-state index in [9.17, 15) is 9.59 Å². The van der Waals surface area contributed by atoms with Crippen LogP contribution in [0.1, 0.15) is 15.5 Å². The van der Waals surface area contributed by atoms with E-state index >= 15 is 0 Å². The third-order valence-electron chi connectivity index (χ3n) is 1.01. The molecule has 1 N–H and O–H groups in total. The molecule has 0 aliphatic rings. The number of hydrogen-bond donors (Lipinski definition) is 1. The van der Waals surface area contributed by atoms with E-state index in [-0.39, 0.29) is 5.01 Å². The van der Waals surface area contributed by atoms with Crippen molar-refractivity contribution in [3.05, 3.63) is 16.1 Å². The Labute approximate surface area is 66.5 Å². The number of aryl methyl sites for hydroxylation is 1. The summed E-state index contributed by atoms with van der Waals surface area (Å²) in [5.41, 5.74) is 0.666. The van der Waals surface area contributed by atoms with E-state index in [0.29, 0.717) is 5.69 Å². The fraction of sp³-hybridized carbons (Fsp3) is 0.167. The highest BCUT2D eigenvalue weighted by Gasteiger charge is 2.17. The molecule has 0 fully saturated rings. The Bertz CT molecular complexity index is 305. The van der Waals surface area contributed by atoms with Gasteiger partial charge in [-0.2, -0.15) is 0 Å². The molecular weight excluding hydrogens is 166 g/mol. The van der Waals surface area contributed by atoms with Gasteiger partial charge in [0.15, 0.2) is 5.01 Å². The highest BCUT2D eigenvalue weighted by molar-refractivity contribution is 7.12. The third kappa shape index (κ3) is 1.62. The Hall–Kier alpha value is -1.23. The highest BCUT2D eigenvalue weighted by atomic mass is 32.1. The van der Waals surface area contributed by atoms with Crippen LogP contribution in [0.15, 0.2) is 5.38 Å². The number of rotatable bonds is 2. The molecule has 0 spiro atoms. The van der Waals surface area contributed by atoms with Crippen LogP contribution in [-0.4, -0.2) is 21.8 Å². The summed E-state index contributed by atoms with van der Waals surface area (Å²) in [5, 5.41) is 9.93. The van der Waals surface area contributed by atoms with E-state index in [4.69, 9.17) is 5.11 Å². The second-order valence-electron chi connectivity index (χ2n) is 1.93. The minimum atomic E-state index is -1.46. The molecule has 0 aliphatic heterocycles. The van der Waals surface area contributed by atoms with Gasteiger partial charge in [0.1, 0.15) is 0 Å². The average molecular weight is 171 g/mol. The lowest BCUT2D eigenvalue weighted by Gasteiger charge is -1.84. The Morgan fingerprint density at radius 1 is 1.64 bits per heavy atom. The van der Waals surface area contributed by atoms with Gasteiger partial charge >= 0.3 is 5.97 Å². The number of carbonyl (C=O) groups is 2. The van der Waals surface area contributed by atoms with Gasteiger partial charge in [-0.05, 0) is 6.92 Å². The number of carboxylic acid groups (broad SMARTS) is 1. The van der Waals surface area contributed by atoms with Crippen molar-refractivity contribution in [1.29, 1.82) is 0 Å². The summed E-state index contributed by atoms with van der Waals surface area (Å²) < 4.78 is 0. The number of thiazole rings is 1. The molecule has 1 aromatic rings. The number of hydrogen-bond acceptors (Lipinski definition) is 4. The van der Waals surface area contributed by atoms with Crippen molar-refractivity contribution >= 4 is 23.1 Å². The van der Waals surface area contributed by atoms with Crippen LogP contribution in [0.25, 0.3) is 0 Å². The van der Waals surface area contributed by atoms with Gasteiger partial charge < -0.3 is 5.11 Å². The minimum Gasteiger partial charge on any atom is -0.475 e. The first-order valence-electron chi connectivity index (χ1n) is 2.81. The number of carbonyl (C=O) groups excluding carboxylic acids is 1. The highest BCUT2D eigenvalue weighted by Crippen LogP contribution is 2.08. The van der Waals surface area contributed by atoms with Crippen molar-refractivity contribution in [2.75, 3.05) is 0 Å². The predicted octanol–water partition coefficient (Wildman–Crippen LogP) is 0.719. The van der Waals surface area contributed by atoms with Crippen LogP contribution in [0.2, 0.25) is 0 Å². The maximum absolute atomic E-state index is 10.7. The molecule has 5 heteroatoms. The molecular formula is C6H5NO3S. The Balaban J connectivity index is 2.94. The Morgan fingerprint density at radius 2 is 2.27 bits per heavy atom. The molecule has 58 valence electrons. The second-order valence-corrected chi connectivity index (χ2v) is 2.79. The molecule has 0 bridgehead atoms. The lowest BCUT2D eigenvalue weighted by atomic mass is 10.4. The quantitative estimate of drug-likeness (QED) is 0.526. The van der Waals surface area contributed by atoms with Crippen LogP contribution in [-0.2, 0) is 4.79 Å². The zero-order valence-corrected chi connectivity index (χ0v) is 6.51. The molecule has 0 aliphatic carbocycles. The largest absolute Gasteiger partial charge is 0.475 e. The zero-order valence-electron chi connectivity index (χ0n) is 5.70. The van der Waals surface area contributed by atoms with Gasteiger partial charge in [0.05, 0.1) is 0 Å². The number of ketones is 1. The fourth-order valence-electron chi connectivity index (χ4n) is 0.550. The van der Waals surface area contributed by atoms with Crippen molar-refractivity contribution < 1.29 is 14.7 Å². The van der Waals surface area contributed by atoms with Crippen molar-refractivity contribution in [3.8, 4) is 0 Å². The summed E-state index contributed by atoms with van der Waals surface area (Å²) in [7, 11) is 0. The van der Waals surface area contributed by atoms with E-state index in [1.165, 1.54) is 0 Å². The predicted molar refractivity (Wildman–Crippen MR) is 38.8 cm³/mol. The first-order chi connectivity index (χ1) is 5.11. The van der Waals surface area contributed by atoms with Crippen LogP contribution < -0.4 is 0 Å². The Kier molecular flexibility index (Phi) is 2.00. The minimum absolute atomic E-state index is 0.0370. The van der Waals surface area contributed by atoms with Gasteiger partial charge in [-0.3, -0.25) is 4.79 Å². The van der Waals surface area contributed by atoms with Gasteiger partial charge in [-0.15, -0.1) is 11.3 Å². The topological polar surface area (TPSA) is 67.3 Å². The maximum Gasteiger partial charge on any atom is 0.379 e. The fourth-order valence-corrected chi connectivity index (χ4v) is 1.28. The van der Waals surface area contributed by atoms with Crippen molar-refractivity contribution in [1.82, 2.24) is 4.98 Å². The molecule has 0 atom stereocenters. The van der Waals surface area contributed by atoms with E-state index < -0.39 is 11.8 Å². The molecule has 1 heterocycles. The van der Waals surface area contributed by atoms with Crippen LogP contribution >= 0.6 is 11.3 Å². The molecule has 0 aromatic carbocycles. The molecule has 0 radical (unpaired) electrons. The summed E-state index contributed by atoms with van der Waals surface area (Å²) in [4.78, 5) is 24.6. The van der Waals surface area contributed by atoms with E-state index in [0.717, 1.165) is 11.3 Å². The van der Waals surface area contributed by atoms with Gasteiger partial charge in [-0.1, -0.05) is 0 Å². The van der Waals surface area contributed by atoms with Gasteiger partial charge in [0.25, 0.3) is 5.78 Å². The molecule has 0 amide bonds. The summed E-state index contributed by atoms with van der Waals surface area (Å²) in [6.07, 6.45) is 0. The van der Waals surface area contributed by atoms with Gasteiger partial charge in [0.2, 0.25) is 0 Å². The van der Waals surface area contributed by atoms with Crippen LogP contribution in [0, 0.1) is 6.92 Å².